The normalized spacial score (nSPS) is 14.0. The molecule has 0 spiro atoms. The Kier molecular flexibility index (Phi) is 5.12. The van der Waals surface area contributed by atoms with Crippen LogP contribution in [0.3, 0.4) is 0 Å². The number of halogens is 6. The van der Waals surface area contributed by atoms with E-state index in [1.165, 1.54) is 0 Å². The fourth-order valence-corrected chi connectivity index (χ4v) is 4.40. The molecule has 0 radical (unpaired) electrons. The van der Waals surface area contributed by atoms with E-state index in [2.05, 4.69) is 0 Å². The van der Waals surface area contributed by atoms with Crippen LogP contribution in [0.25, 0.3) is 0 Å². The summed E-state index contributed by atoms with van der Waals surface area (Å²) in [6.07, 6.45) is 3.67. The molecule has 2 aromatic carbocycles. The molecule has 0 aliphatic carbocycles. The largest absolute Gasteiger partial charge is 0.325 e. The van der Waals surface area contributed by atoms with Crippen LogP contribution in [-0.2, 0) is 0 Å². The van der Waals surface area contributed by atoms with E-state index in [-0.39, 0.29) is 0 Å². The van der Waals surface area contributed by atoms with Gasteiger partial charge in [-0.1, -0.05) is 69.6 Å². The average Bonchev–Trinajstić information content (AvgIpc) is 2.85. The van der Waals surface area contributed by atoms with Crippen LogP contribution in [0.15, 0.2) is 36.7 Å². The molecular weight excluding hydrogens is 421 g/mol. The highest BCUT2D eigenvalue weighted by Crippen LogP contribution is 2.41. The fourth-order valence-electron chi connectivity index (χ4n) is 2.33. The number of rotatable bonds is 2. The summed E-state index contributed by atoms with van der Waals surface area (Å²) >= 11 is 36.9. The lowest BCUT2D eigenvalue weighted by Gasteiger charge is -2.24. The van der Waals surface area contributed by atoms with E-state index in [1.807, 2.05) is 22.2 Å². The van der Waals surface area contributed by atoms with Gasteiger partial charge in [0, 0.05) is 22.4 Å². The molecule has 0 amide bonds. The number of hydrogen-bond acceptors (Lipinski definition) is 2. The number of hydrogen-bond donors (Lipinski definition) is 0. The van der Waals surface area contributed by atoms with E-state index in [1.54, 1.807) is 24.3 Å². The van der Waals surface area contributed by atoms with Gasteiger partial charge in [0.05, 0.1) is 38.1 Å². The molecule has 0 fully saturated rings. The zero-order chi connectivity index (χ0) is 16.7. The lowest BCUT2D eigenvalue weighted by Crippen LogP contribution is -2.25. The highest BCUT2D eigenvalue weighted by molar-refractivity contribution is 6.42. The van der Waals surface area contributed by atoms with Gasteiger partial charge in [0.15, 0.2) is 0 Å². The second kappa shape index (κ2) is 6.79. The van der Waals surface area contributed by atoms with Crippen molar-refractivity contribution in [2.45, 2.75) is 0 Å². The van der Waals surface area contributed by atoms with Crippen LogP contribution in [0.1, 0.15) is 0 Å². The van der Waals surface area contributed by atoms with Crippen LogP contribution in [-0.4, -0.2) is 6.67 Å². The third-order valence-electron chi connectivity index (χ3n) is 3.27. The predicted octanol–water partition coefficient (Wildman–Crippen LogP) is 7.36. The Hall–Kier alpha value is -0.480. The minimum absolute atomic E-state index is 0.447. The monoisotopic (exact) mass is 426 g/mol. The molecule has 0 saturated carbocycles. The Morgan fingerprint density at radius 2 is 0.870 bits per heavy atom. The minimum atomic E-state index is 0.447. The van der Waals surface area contributed by atoms with Crippen LogP contribution in [0.2, 0.25) is 30.1 Å². The quantitative estimate of drug-likeness (QED) is 0.492. The van der Waals surface area contributed by atoms with Crippen molar-refractivity contribution in [3.8, 4) is 0 Å². The SMILES string of the molecule is Clc1cc(Cl)c(N2C=CN(c3c(Cl)cc(Cl)cc3Cl)C2)c(Cl)c1. The van der Waals surface area contributed by atoms with Gasteiger partial charge in [-0.2, -0.15) is 0 Å². The summed E-state index contributed by atoms with van der Waals surface area (Å²) in [4.78, 5) is 3.75. The molecule has 1 heterocycles. The van der Waals surface area contributed by atoms with Crippen LogP contribution >= 0.6 is 69.6 Å². The summed E-state index contributed by atoms with van der Waals surface area (Å²) in [5, 5.41) is 2.80. The summed E-state index contributed by atoms with van der Waals surface area (Å²) in [6.45, 7) is 0.447. The molecular formula is C15H8Cl6N2. The average molecular weight is 429 g/mol. The van der Waals surface area contributed by atoms with Gasteiger partial charge in [-0.3, -0.25) is 0 Å². The predicted molar refractivity (Wildman–Crippen MR) is 102 cm³/mol. The molecule has 1 aliphatic heterocycles. The van der Waals surface area contributed by atoms with E-state index >= 15 is 0 Å². The molecule has 120 valence electrons. The smallest absolute Gasteiger partial charge is 0.0991 e. The summed E-state index contributed by atoms with van der Waals surface area (Å²) in [6, 6.07) is 6.57. The Morgan fingerprint density at radius 1 is 0.565 bits per heavy atom. The van der Waals surface area contributed by atoms with Gasteiger partial charge in [0.1, 0.15) is 0 Å². The molecule has 0 unspecified atom stereocenters. The molecule has 0 N–H and O–H groups in total. The van der Waals surface area contributed by atoms with Gasteiger partial charge in [0.25, 0.3) is 0 Å². The van der Waals surface area contributed by atoms with E-state index in [9.17, 15) is 0 Å². The van der Waals surface area contributed by atoms with Crippen molar-refractivity contribution in [2.75, 3.05) is 16.5 Å². The zero-order valence-electron chi connectivity index (χ0n) is 11.3. The Morgan fingerprint density at radius 3 is 1.17 bits per heavy atom. The molecule has 2 aromatic rings. The van der Waals surface area contributed by atoms with Gasteiger partial charge < -0.3 is 9.80 Å². The molecule has 2 nitrogen and oxygen atoms in total. The number of anilines is 2. The highest BCUT2D eigenvalue weighted by Gasteiger charge is 2.23. The van der Waals surface area contributed by atoms with Crippen LogP contribution in [0.5, 0.6) is 0 Å². The van der Waals surface area contributed by atoms with Gasteiger partial charge >= 0.3 is 0 Å². The maximum absolute atomic E-state index is 6.26. The molecule has 3 rings (SSSR count). The molecule has 0 atom stereocenters. The van der Waals surface area contributed by atoms with Gasteiger partial charge in [0.2, 0.25) is 0 Å². The third-order valence-corrected chi connectivity index (χ3v) is 4.86. The maximum atomic E-state index is 6.26. The molecule has 1 aliphatic rings. The van der Waals surface area contributed by atoms with Gasteiger partial charge in [-0.15, -0.1) is 0 Å². The van der Waals surface area contributed by atoms with E-state index in [0.29, 0.717) is 48.2 Å². The van der Waals surface area contributed by atoms with Crippen molar-refractivity contribution in [3.63, 3.8) is 0 Å². The molecule has 8 heteroatoms. The Bertz CT molecular complexity index is 693. The van der Waals surface area contributed by atoms with Crippen molar-refractivity contribution in [2.24, 2.45) is 0 Å². The lowest BCUT2D eigenvalue weighted by atomic mass is 10.3. The minimum Gasteiger partial charge on any atom is -0.325 e. The summed E-state index contributed by atoms with van der Waals surface area (Å²) in [5.41, 5.74) is 1.33. The molecule has 0 saturated heterocycles. The Balaban J connectivity index is 1.93. The first-order chi connectivity index (χ1) is 10.9. The summed E-state index contributed by atoms with van der Waals surface area (Å²) in [7, 11) is 0. The van der Waals surface area contributed by atoms with Crippen molar-refractivity contribution < 1.29 is 0 Å². The second-order valence-electron chi connectivity index (χ2n) is 4.82. The van der Waals surface area contributed by atoms with Crippen molar-refractivity contribution in [1.82, 2.24) is 0 Å². The maximum Gasteiger partial charge on any atom is 0.0991 e. The number of nitrogens with zero attached hydrogens (tertiary/aromatic N) is 2. The van der Waals surface area contributed by atoms with E-state index in [4.69, 9.17) is 69.6 Å². The van der Waals surface area contributed by atoms with Crippen LogP contribution < -0.4 is 9.80 Å². The first-order valence-electron chi connectivity index (χ1n) is 6.37. The summed E-state index contributed by atoms with van der Waals surface area (Å²) in [5.74, 6) is 0. The first kappa shape index (κ1) is 17.3. The first-order valence-corrected chi connectivity index (χ1v) is 8.64. The van der Waals surface area contributed by atoms with Crippen LogP contribution in [0, 0.1) is 0 Å². The van der Waals surface area contributed by atoms with Crippen molar-refractivity contribution in [3.05, 3.63) is 66.8 Å². The molecule has 23 heavy (non-hydrogen) atoms. The second-order valence-corrected chi connectivity index (χ2v) is 7.32. The van der Waals surface area contributed by atoms with Crippen molar-refractivity contribution in [1.29, 1.82) is 0 Å². The summed E-state index contributed by atoms with van der Waals surface area (Å²) < 4.78 is 0. The Labute approximate surface area is 163 Å². The molecule has 0 aromatic heterocycles. The fraction of sp³-hybridized carbons (Fsp3) is 0.0667. The third kappa shape index (κ3) is 3.48. The van der Waals surface area contributed by atoms with Crippen molar-refractivity contribution >= 4 is 81.0 Å². The number of benzene rings is 2. The lowest BCUT2D eigenvalue weighted by molar-refractivity contribution is 0.976. The standard InChI is InChI=1S/C15H8Cl6N2/c16-8-3-10(18)14(11(19)4-8)22-1-2-23(7-22)15-12(20)5-9(17)6-13(15)21/h1-6H,7H2. The van der Waals surface area contributed by atoms with Crippen LogP contribution in [0.4, 0.5) is 11.4 Å². The highest BCUT2D eigenvalue weighted by atomic mass is 35.5. The zero-order valence-corrected chi connectivity index (χ0v) is 15.9. The molecule has 0 bridgehead atoms. The van der Waals surface area contributed by atoms with E-state index < -0.39 is 0 Å². The van der Waals surface area contributed by atoms with Gasteiger partial charge in [-0.05, 0) is 24.3 Å². The topological polar surface area (TPSA) is 6.48 Å². The van der Waals surface area contributed by atoms with Gasteiger partial charge in [-0.25, -0.2) is 0 Å². The van der Waals surface area contributed by atoms with E-state index in [0.717, 1.165) is 0 Å².